The van der Waals surface area contributed by atoms with E-state index in [4.69, 9.17) is 9.47 Å². The molecule has 2 aromatic rings. The van der Waals surface area contributed by atoms with Crippen molar-refractivity contribution in [3.63, 3.8) is 0 Å². The van der Waals surface area contributed by atoms with Crippen LogP contribution in [-0.4, -0.2) is 53.3 Å². The molecule has 0 unspecified atom stereocenters. The van der Waals surface area contributed by atoms with E-state index in [2.05, 4.69) is 15.3 Å². The van der Waals surface area contributed by atoms with Crippen molar-refractivity contribution in [2.24, 2.45) is 5.92 Å². The SMILES string of the molecule is CNc1nc2ccccc2nc1OC[C@H]1CCCN(C(=O)OC(C)(C)C)C1. The maximum atomic E-state index is 12.3. The lowest BCUT2D eigenvalue weighted by Gasteiger charge is -2.34. The van der Waals surface area contributed by atoms with Gasteiger partial charge in [-0.3, -0.25) is 0 Å². The van der Waals surface area contributed by atoms with Crippen LogP contribution in [0.15, 0.2) is 24.3 Å². The van der Waals surface area contributed by atoms with Gasteiger partial charge < -0.3 is 19.7 Å². The smallest absolute Gasteiger partial charge is 0.410 e. The first-order chi connectivity index (χ1) is 12.9. The summed E-state index contributed by atoms with van der Waals surface area (Å²) in [5.74, 6) is 1.35. The Balaban J connectivity index is 1.64. The van der Waals surface area contributed by atoms with Crippen LogP contribution >= 0.6 is 0 Å². The predicted octanol–water partition coefficient (Wildman–Crippen LogP) is 3.70. The average molecular weight is 372 g/mol. The summed E-state index contributed by atoms with van der Waals surface area (Å²) in [7, 11) is 1.80. The minimum absolute atomic E-state index is 0.240. The average Bonchev–Trinajstić information content (AvgIpc) is 2.64. The molecule has 1 amide bonds. The monoisotopic (exact) mass is 372 g/mol. The van der Waals surface area contributed by atoms with E-state index in [0.717, 1.165) is 30.4 Å². The third-order valence-corrected chi connectivity index (χ3v) is 4.40. The van der Waals surface area contributed by atoms with Crippen molar-refractivity contribution in [3.8, 4) is 5.88 Å². The zero-order valence-electron chi connectivity index (χ0n) is 16.5. The van der Waals surface area contributed by atoms with Crippen LogP contribution in [-0.2, 0) is 4.74 Å². The van der Waals surface area contributed by atoms with E-state index in [1.807, 2.05) is 45.0 Å². The molecule has 7 heteroatoms. The molecule has 0 aliphatic carbocycles. The Morgan fingerprint density at radius 2 is 1.96 bits per heavy atom. The van der Waals surface area contributed by atoms with Crippen LogP contribution in [0, 0.1) is 5.92 Å². The number of aromatic nitrogens is 2. The van der Waals surface area contributed by atoms with E-state index in [1.165, 1.54) is 0 Å². The number of piperidine rings is 1. The summed E-state index contributed by atoms with van der Waals surface area (Å²) in [6.07, 6.45) is 1.69. The number of carbonyl (C=O) groups is 1. The van der Waals surface area contributed by atoms with Crippen LogP contribution in [0.2, 0.25) is 0 Å². The third-order valence-electron chi connectivity index (χ3n) is 4.40. The van der Waals surface area contributed by atoms with E-state index in [0.29, 0.717) is 24.8 Å². The molecule has 0 radical (unpaired) electrons. The highest BCUT2D eigenvalue weighted by molar-refractivity contribution is 5.77. The van der Waals surface area contributed by atoms with Gasteiger partial charge in [-0.25, -0.2) is 14.8 Å². The van der Waals surface area contributed by atoms with Crippen LogP contribution in [0.1, 0.15) is 33.6 Å². The molecule has 2 heterocycles. The second-order valence-corrected chi connectivity index (χ2v) is 7.86. The van der Waals surface area contributed by atoms with Gasteiger partial charge in [0.05, 0.1) is 17.6 Å². The Morgan fingerprint density at radius 3 is 2.63 bits per heavy atom. The highest BCUT2D eigenvalue weighted by atomic mass is 16.6. The van der Waals surface area contributed by atoms with Crippen LogP contribution in [0.25, 0.3) is 11.0 Å². The third kappa shape index (κ3) is 4.99. The van der Waals surface area contributed by atoms with Gasteiger partial charge in [0.2, 0.25) is 0 Å². The van der Waals surface area contributed by atoms with Crippen LogP contribution in [0.4, 0.5) is 10.6 Å². The van der Waals surface area contributed by atoms with Gasteiger partial charge in [-0.2, -0.15) is 0 Å². The summed E-state index contributed by atoms with van der Waals surface area (Å²) in [6.45, 7) is 7.49. The maximum Gasteiger partial charge on any atom is 0.410 e. The topological polar surface area (TPSA) is 76.6 Å². The molecular formula is C20H28N4O3. The molecule has 3 rings (SSSR count). The molecule has 1 N–H and O–H groups in total. The Bertz CT molecular complexity index is 803. The highest BCUT2D eigenvalue weighted by Crippen LogP contribution is 2.25. The first-order valence-electron chi connectivity index (χ1n) is 9.41. The normalized spacial score (nSPS) is 17.6. The van der Waals surface area contributed by atoms with Gasteiger partial charge >= 0.3 is 6.09 Å². The summed E-state index contributed by atoms with van der Waals surface area (Å²) < 4.78 is 11.5. The zero-order chi connectivity index (χ0) is 19.4. The van der Waals surface area contributed by atoms with E-state index < -0.39 is 5.60 Å². The number of hydrogen-bond acceptors (Lipinski definition) is 6. The number of hydrogen-bond donors (Lipinski definition) is 1. The maximum absolute atomic E-state index is 12.3. The number of anilines is 1. The number of benzene rings is 1. The number of nitrogens with zero attached hydrogens (tertiary/aromatic N) is 3. The minimum Gasteiger partial charge on any atom is -0.475 e. The summed E-state index contributed by atoms with van der Waals surface area (Å²) >= 11 is 0. The molecule has 146 valence electrons. The molecule has 1 aromatic heterocycles. The van der Waals surface area contributed by atoms with Crippen molar-refractivity contribution < 1.29 is 14.3 Å². The number of nitrogens with one attached hydrogen (secondary N) is 1. The molecule has 1 aliphatic heterocycles. The first-order valence-corrected chi connectivity index (χ1v) is 9.41. The lowest BCUT2D eigenvalue weighted by atomic mass is 9.99. The van der Waals surface area contributed by atoms with E-state index in [9.17, 15) is 4.79 Å². The predicted molar refractivity (Wildman–Crippen MR) is 105 cm³/mol. The van der Waals surface area contributed by atoms with Gasteiger partial charge in [0.15, 0.2) is 5.82 Å². The molecule has 1 saturated heterocycles. The van der Waals surface area contributed by atoms with E-state index in [-0.39, 0.29) is 12.0 Å². The Morgan fingerprint density at radius 1 is 1.26 bits per heavy atom. The fourth-order valence-electron chi connectivity index (χ4n) is 3.14. The molecule has 7 nitrogen and oxygen atoms in total. The first kappa shape index (κ1) is 19.2. The Labute approximate surface area is 160 Å². The summed E-state index contributed by atoms with van der Waals surface area (Å²) in [5, 5.41) is 3.05. The summed E-state index contributed by atoms with van der Waals surface area (Å²) in [4.78, 5) is 23.2. The molecule has 1 atom stereocenters. The van der Waals surface area contributed by atoms with Crippen molar-refractivity contribution in [1.29, 1.82) is 0 Å². The number of rotatable bonds is 4. The number of amides is 1. The highest BCUT2D eigenvalue weighted by Gasteiger charge is 2.28. The summed E-state index contributed by atoms with van der Waals surface area (Å²) in [5.41, 5.74) is 1.14. The second kappa shape index (κ2) is 7.98. The molecule has 1 fully saturated rings. The number of fused-ring (bicyclic) bond motifs is 1. The fraction of sp³-hybridized carbons (Fsp3) is 0.550. The Hall–Kier alpha value is -2.57. The van der Waals surface area contributed by atoms with Gasteiger partial charge in [-0.1, -0.05) is 12.1 Å². The van der Waals surface area contributed by atoms with Gasteiger partial charge in [-0.15, -0.1) is 0 Å². The zero-order valence-corrected chi connectivity index (χ0v) is 16.5. The van der Waals surface area contributed by atoms with Crippen molar-refractivity contribution >= 4 is 22.9 Å². The van der Waals surface area contributed by atoms with Crippen molar-refractivity contribution in [2.75, 3.05) is 32.1 Å². The summed E-state index contributed by atoms with van der Waals surface area (Å²) in [6, 6.07) is 7.70. The van der Waals surface area contributed by atoms with Crippen molar-refractivity contribution in [2.45, 2.75) is 39.2 Å². The van der Waals surface area contributed by atoms with E-state index in [1.54, 1.807) is 11.9 Å². The van der Waals surface area contributed by atoms with Gasteiger partial charge in [-0.05, 0) is 45.7 Å². The van der Waals surface area contributed by atoms with Crippen LogP contribution in [0.5, 0.6) is 5.88 Å². The second-order valence-electron chi connectivity index (χ2n) is 7.86. The molecule has 0 spiro atoms. The molecular weight excluding hydrogens is 344 g/mol. The lowest BCUT2D eigenvalue weighted by Crippen LogP contribution is -2.44. The fourth-order valence-corrected chi connectivity index (χ4v) is 3.14. The Kier molecular flexibility index (Phi) is 5.68. The molecule has 27 heavy (non-hydrogen) atoms. The number of para-hydroxylation sites is 2. The molecule has 1 aliphatic rings. The van der Waals surface area contributed by atoms with Gasteiger partial charge in [0.25, 0.3) is 5.88 Å². The number of likely N-dealkylation sites (tertiary alicyclic amines) is 1. The van der Waals surface area contributed by atoms with Gasteiger partial charge in [0, 0.05) is 26.1 Å². The molecule has 0 bridgehead atoms. The minimum atomic E-state index is -0.483. The largest absolute Gasteiger partial charge is 0.475 e. The molecule has 0 saturated carbocycles. The van der Waals surface area contributed by atoms with E-state index >= 15 is 0 Å². The standard InChI is InChI=1S/C20H28N4O3/c1-20(2,3)27-19(25)24-11-7-8-14(12-24)13-26-18-17(21-4)22-15-9-5-6-10-16(15)23-18/h5-6,9-10,14H,7-8,11-13H2,1-4H3,(H,21,22)/t14-/m0/s1. The van der Waals surface area contributed by atoms with Crippen LogP contribution < -0.4 is 10.1 Å². The lowest BCUT2D eigenvalue weighted by molar-refractivity contribution is 0.0138. The number of ether oxygens (including phenoxy) is 2. The van der Waals surface area contributed by atoms with Crippen molar-refractivity contribution in [1.82, 2.24) is 14.9 Å². The molecule has 1 aromatic carbocycles. The van der Waals surface area contributed by atoms with Gasteiger partial charge in [0.1, 0.15) is 5.60 Å². The quantitative estimate of drug-likeness (QED) is 0.882. The van der Waals surface area contributed by atoms with Crippen LogP contribution in [0.3, 0.4) is 0 Å². The number of carbonyl (C=O) groups excluding carboxylic acids is 1. The van der Waals surface area contributed by atoms with Crippen molar-refractivity contribution in [3.05, 3.63) is 24.3 Å².